The number of hydrogen-bond acceptors (Lipinski definition) is 2. The van der Waals surface area contributed by atoms with Crippen molar-refractivity contribution in [1.82, 2.24) is 0 Å². The third-order valence-corrected chi connectivity index (χ3v) is 4.75. The van der Waals surface area contributed by atoms with Crippen LogP contribution in [0.4, 0.5) is 0 Å². The van der Waals surface area contributed by atoms with E-state index in [0.717, 1.165) is 30.6 Å². The van der Waals surface area contributed by atoms with Crippen LogP contribution < -0.4 is 0 Å². The highest BCUT2D eigenvalue weighted by atomic mass is 16.5. The summed E-state index contributed by atoms with van der Waals surface area (Å²) in [5.41, 5.74) is 0. The summed E-state index contributed by atoms with van der Waals surface area (Å²) in [6.45, 7) is 12.6. The minimum absolute atomic E-state index is 0.120. The Morgan fingerprint density at radius 3 is 2.10 bits per heavy atom. The van der Waals surface area contributed by atoms with E-state index in [1.807, 2.05) is 13.8 Å². The first kappa shape index (κ1) is 20.5. The maximum absolute atomic E-state index is 10.9. The van der Waals surface area contributed by atoms with Crippen molar-refractivity contribution in [2.75, 3.05) is 0 Å². The van der Waals surface area contributed by atoms with E-state index in [-0.39, 0.29) is 12.1 Å². The summed E-state index contributed by atoms with van der Waals surface area (Å²) in [6, 6.07) is 0. The third-order valence-electron chi connectivity index (χ3n) is 4.75. The van der Waals surface area contributed by atoms with Gasteiger partial charge in [0, 0.05) is 6.92 Å². The molecule has 2 unspecified atom stereocenters. The summed E-state index contributed by atoms with van der Waals surface area (Å²) in [4.78, 5) is 10.9. The standard InChI is InChI=1S/C17H32O2.C2H6/c1-5-6-13(2)7-8-14(3)16-9-11-17(12-10-16)19-15(4)18;1-2/h13-14,16-17H,5-12H2,1-4H3;1-2H3. The highest BCUT2D eigenvalue weighted by Gasteiger charge is 2.26. The van der Waals surface area contributed by atoms with Crippen LogP contribution in [-0.2, 0) is 9.53 Å². The van der Waals surface area contributed by atoms with Gasteiger partial charge in [0.15, 0.2) is 0 Å². The molecule has 0 saturated heterocycles. The molecule has 0 N–H and O–H groups in total. The first-order valence-electron chi connectivity index (χ1n) is 9.20. The van der Waals surface area contributed by atoms with Gasteiger partial charge in [0.1, 0.15) is 6.10 Å². The SMILES string of the molecule is CC.CCCC(C)CCC(C)C1CCC(OC(C)=O)CC1. The molecular formula is C19H38O2. The van der Waals surface area contributed by atoms with Gasteiger partial charge in [0.25, 0.3) is 0 Å². The molecule has 2 atom stereocenters. The molecule has 0 aromatic carbocycles. The fourth-order valence-electron chi connectivity index (χ4n) is 3.43. The van der Waals surface area contributed by atoms with Gasteiger partial charge in [-0.3, -0.25) is 4.79 Å². The van der Waals surface area contributed by atoms with Crippen LogP contribution in [0, 0.1) is 17.8 Å². The quantitative estimate of drug-likeness (QED) is 0.540. The van der Waals surface area contributed by atoms with E-state index >= 15 is 0 Å². The van der Waals surface area contributed by atoms with Gasteiger partial charge in [-0.25, -0.2) is 0 Å². The zero-order valence-electron chi connectivity index (χ0n) is 15.3. The lowest BCUT2D eigenvalue weighted by atomic mass is 9.77. The first-order chi connectivity index (χ1) is 10.0. The molecule has 0 bridgehead atoms. The molecule has 1 saturated carbocycles. The lowest BCUT2D eigenvalue weighted by Gasteiger charge is -2.32. The van der Waals surface area contributed by atoms with Crippen molar-refractivity contribution in [3.63, 3.8) is 0 Å². The Labute approximate surface area is 133 Å². The Kier molecular flexibility index (Phi) is 11.8. The van der Waals surface area contributed by atoms with E-state index in [2.05, 4.69) is 20.8 Å². The number of hydrogen-bond donors (Lipinski definition) is 0. The summed E-state index contributed by atoms with van der Waals surface area (Å²) in [5.74, 6) is 2.44. The molecule has 126 valence electrons. The van der Waals surface area contributed by atoms with E-state index in [9.17, 15) is 4.79 Å². The van der Waals surface area contributed by atoms with Crippen molar-refractivity contribution in [2.24, 2.45) is 17.8 Å². The number of esters is 1. The Bertz CT molecular complexity index is 254. The molecule has 0 aromatic heterocycles. The molecule has 0 spiro atoms. The Hall–Kier alpha value is -0.530. The maximum atomic E-state index is 10.9. The number of ether oxygens (including phenoxy) is 1. The fraction of sp³-hybridized carbons (Fsp3) is 0.947. The topological polar surface area (TPSA) is 26.3 Å². The molecule has 21 heavy (non-hydrogen) atoms. The molecule has 0 radical (unpaired) electrons. The molecule has 1 aliphatic rings. The summed E-state index contributed by atoms with van der Waals surface area (Å²) >= 11 is 0. The van der Waals surface area contributed by atoms with Crippen molar-refractivity contribution in [3.05, 3.63) is 0 Å². The van der Waals surface area contributed by atoms with Crippen LogP contribution in [0.3, 0.4) is 0 Å². The van der Waals surface area contributed by atoms with Crippen LogP contribution in [0.2, 0.25) is 0 Å². The van der Waals surface area contributed by atoms with Gasteiger partial charge in [0.2, 0.25) is 0 Å². The predicted octanol–water partition coefficient (Wildman–Crippen LogP) is 5.99. The predicted molar refractivity (Wildman–Crippen MR) is 91.3 cm³/mol. The maximum Gasteiger partial charge on any atom is 0.302 e. The van der Waals surface area contributed by atoms with Crippen LogP contribution in [0.1, 0.15) is 92.9 Å². The molecule has 0 aromatic rings. The van der Waals surface area contributed by atoms with Crippen LogP contribution in [0.25, 0.3) is 0 Å². The molecule has 2 nitrogen and oxygen atoms in total. The fourth-order valence-corrected chi connectivity index (χ4v) is 3.43. The zero-order chi connectivity index (χ0) is 16.3. The van der Waals surface area contributed by atoms with E-state index < -0.39 is 0 Å². The molecule has 1 rings (SSSR count). The largest absolute Gasteiger partial charge is 0.463 e. The number of carbonyl (C=O) groups excluding carboxylic acids is 1. The summed E-state index contributed by atoms with van der Waals surface area (Å²) in [7, 11) is 0. The van der Waals surface area contributed by atoms with E-state index in [4.69, 9.17) is 4.74 Å². The van der Waals surface area contributed by atoms with Crippen LogP contribution in [0.15, 0.2) is 0 Å². The van der Waals surface area contributed by atoms with E-state index in [1.165, 1.54) is 45.4 Å². The minimum atomic E-state index is -0.120. The smallest absolute Gasteiger partial charge is 0.302 e. The van der Waals surface area contributed by atoms with E-state index in [1.54, 1.807) is 0 Å². The number of carbonyl (C=O) groups is 1. The van der Waals surface area contributed by atoms with Crippen molar-refractivity contribution in [1.29, 1.82) is 0 Å². The van der Waals surface area contributed by atoms with Crippen molar-refractivity contribution in [3.8, 4) is 0 Å². The third kappa shape index (κ3) is 9.16. The minimum Gasteiger partial charge on any atom is -0.463 e. The van der Waals surface area contributed by atoms with Crippen molar-refractivity contribution < 1.29 is 9.53 Å². The molecule has 2 heteroatoms. The van der Waals surface area contributed by atoms with Crippen molar-refractivity contribution >= 4 is 5.97 Å². The normalized spacial score (nSPS) is 24.5. The van der Waals surface area contributed by atoms with E-state index in [0.29, 0.717) is 0 Å². The number of rotatable bonds is 7. The molecule has 0 amide bonds. The molecule has 1 aliphatic carbocycles. The lowest BCUT2D eigenvalue weighted by Crippen LogP contribution is -2.26. The van der Waals surface area contributed by atoms with Crippen molar-refractivity contribution in [2.45, 2.75) is 99.0 Å². The van der Waals surface area contributed by atoms with Gasteiger partial charge in [-0.1, -0.05) is 60.3 Å². The van der Waals surface area contributed by atoms with Gasteiger partial charge >= 0.3 is 5.97 Å². The van der Waals surface area contributed by atoms with Gasteiger partial charge in [-0.15, -0.1) is 0 Å². The van der Waals surface area contributed by atoms with Gasteiger partial charge in [0.05, 0.1) is 0 Å². The van der Waals surface area contributed by atoms with Gasteiger partial charge in [-0.2, -0.15) is 0 Å². The Morgan fingerprint density at radius 2 is 1.62 bits per heavy atom. The average Bonchev–Trinajstić information content (AvgIpc) is 2.47. The lowest BCUT2D eigenvalue weighted by molar-refractivity contribution is -0.148. The molecule has 0 aliphatic heterocycles. The molecule has 1 fully saturated rings. The highest BCUT2D eigenvalue weighted by molar-refractivity contribution is 5.66. The average molecular weight is 299 g/mol. The van der Waals surface area contributed by atoms with Gasteiger partial charge < -0.3 is 4.74 Å². The first-order valence-corrected chi connectivity index (χ1v) is 9.20. The monoisotopic (exact) mass is 298 g/mol. The Morgan fingerprint density at radius 1 is 1.05 bits per heavy atom. The second-order valence-corrected chi connectivity index (χ2v) is 6.59. The van der Waals surface area contributed by atoms with Gasteiger partial charge in [-0.05, 0) is 43.4 Å². The summed E-state index contributed by atoms with van der Waals surface area (Å²) in [6.07, 6.45) is 10.2. The molecular weight excluding hydrogens is 260 g/mol. The second kappa shape index (κ2) is 12.1. The van der Waals surface area contributed by atoms with Crippen LogP contribution in [0.5, 0.6) is 0 Å². The van der Waals surface area contributed by atoms with Crippen LogP contribution in [-0.4, -0.2) is 12.1 Å². The van der Waals surface area contributed by atoms with Crippen LogP contribution >= 0.6 is 0 Å². The zero-order valence-corrected chi connectivity index (χ0v) is 15.3. The second-order valence-electron chi connectivity index (χ2n) is 6.59. The molecule has 0 heterocycles. The summed E-state index contributed by atoms with van der Waals surface area (Å²) < 4.78 is 5.31. The summed E-state index contributed by atoms with van der Waals surface area (Å²) in [5, 5.41) is 0. The highest BCUT2D eigenvalue weighted by Crippen LogP contribution is 2.34. The Balaban J connectivity index is 0.00000191.